The monoisotopic (exact) mass is 438 g/mol. The summed E-state index contributed by atoms with van der Waals surface area (Å²) in [6.45, 7) is 1.23. The highest BCUT2D eigenvalue weighted by molar-refractivity contribution is 5.98. The smallest absolute Gasteiger partial charge is 0.251 e. The van der Waals surface area contributed by atoms with Gasteiger partial charge in [-0.2, -0.15) is 0 Å². The highest BCUT2D eigenvalue weighted by Gasteiger charge is 2.24. The van der Waals surface area contributed by atoms with Crippen LogP contribution in [0.3, 0.4) is 0 Å². The van der Waals surface area contributed by atoms with Gasteiger partial charge >= 0.3 is 0 Å². The molecule has 1 aliphatic heterocycles. The van der Waals surface area contributed by atoms with Crippen LogP contribution in [0.5, 0.6) is 5.75 Å². The Morgan fingerprint density at radius 3 is 2.47 bits per heavy atom. The summed E-state index contributed by atoms with van der Waals surface area (Å²) in [6, 6.07) is 16.5. The van der Waals surface area contributed by atoms with E-state index in [-0.39, 0.29) is 36.6 Å². The lowest BCUT2D eigenvalue weighted by molar-refractivity contribution is -0.132. The van der Waals surface area contributed by atoms with Crippen LogP contribution < -0.4 is 10.1 Å². The second-order valence-electron chi connectivity index (χ2n) is 7.84. The first-order valence-electron chi connectivity index (χ1n) is 10.7. The van der Waals surface area contributed by atoms with Crippen molar-refractivity contribution in [2.45, 2.75) is 25.4 Å². The first kappa shape index (κ1) is 21.7. The summed E-state index contributed by atoms with van der Waals surface area (Å²) in [5.74, 6) is -1.62. The number of halogens is 2. The Kier molecular flexibility index (Phi) is 6.63. The highest BCUT2D eigenvalue weighted by Crippen LogP contribution is 2.23. The summed E-state index contributed by atoms with van der Waals surface area (Å²) in [7, 11) is 0. The fourth-order valence-electron chi connectivity index (χ4n) is 3.85. The van der Waals surface area contributed by atoms with Crippen LogP contribution in [-0.2, 0) is 4.79 Å². The molecule has 0 aromatic heterocycles. The van der Waals surface area contributed by atoms with Gasteiger partial charge in [0.15, 0.2) is 11.6 Å². The molecule has 0 bridgehead atoms. The first-order chi connectivity index (χ1) is 15.5. The predicted octanol–water partition coefficient (Wildman–Crippen LogP) is 4.31. The number of carbonyl (C=O) groups excluding carboxylic acids is 2. The van der Waals surface area contributed by atoms with Crippen molar-refractivity contribution in [3.8, 4) is 5.75 Å². The van der Waals surface area contributed by atoms with Gasteiger partial charge in [-0.15, -0.1) is 0 Å². The number of hydrogen-bond acceptors (Lipinski definition) is 3. The minimum absolute atomic E-state index is 0.0209. The van der Waals surface area contributed by atoms with E-state index in [4.69, 9.17) is 4.74 Å². The van der Waals surface area contributed by atoms with Crippen molar-refractivity contribution < 1.29 is 23.1 Å². The Morgan fingerprint density at radius 2 is 1.72 bits per heavy atom. The molecule has 0 radical (unpaired) electrons. The van der Waals surface area contributed by atoms with Crippen molar-refractivity contribution in [2.24, 2.45) is 0 Å². The third kappa shape index (κ3) is 5.22. The largest absolute Gasteiger partial charge is 0.487 e. The second kappa shape index (κ2) is 9.77. The maximum Gasteiger partial charge on any atom is 0.251 e. The summed E-state index contributed by atoms with van der Waals surface area (Å²) in [5, 5.41) is 4.85. The zero-order valence-corrected chi connectivity index (χ0v) is 17.5. The Balaban J connectivity index is 1.21. The van der Waals surface area contributed by atoms with Gasteiger partial charge in [-0.05, 0) is 35.0 Å². The lowest BCUT2D eigenvalue weighted by Gasteiger charge is -2.32. The van der Waals surface area contributed by atoms with Gasteiger partial charge in [-0.1, -0.05) is 30.3 Å². The number of fused-ring (bicyclic) bond motifs is 1. The van der Waals surface area contributed by atoms with Crippen molar-refractivity contribution >= 4 is 22.6 Å². The SMILES string of the molecule is O=C(NCCC(=O)N1CCC(Oc2ccc(F)cc2F)CC1)c1ccc2ccccc2c1. The van der Waals surface area contributed by atoms with Gasteiger partial charge in [0, 0.05) is 50.5 Å². The van der Waals surface area contributed by atoms with Gasteiger partial charge in [0.25, 0.3) is 5.91 Å². The van der Waals surface area contributed by atoms with Crippen LogP contribution in [0.4, 0.5) is 8.78 Å². The number of amides is 2. The van der Waals surface area contributed by atoms with Gasteiger partial charge in [0.2, 0.25) is 5.91 Å². The van der Waals surface area contributed by atoms with Crippen LogP contribution in [0.25, 0.3) is 10.8 Å². The van der Waals surface area contributed by atoms with Gasteiger partial charge < -0.3 is 15.0 Å². The molecule has 0 aliphatic carbocycles. The molecule has 3 aromatic carbocycles. The molecular formula is C25H24F2N2O3. The Morgan fingerprint density at radius 1 is 0.969 bits per heavy atom. The number of nitrogens with one attached hydrogen (secondary N) is 1. The maximum atomic E-state index is 13.8. The molecule has 1 heterocycles. The van der Waals surface area contributed by atoms with E-state index in [1.54, 1.807) is 11.0 Å². The van der Waals surface area contributed by atoms with E-state index in [1.807, 2.05) is 36.4 Å². The van der Waals surface area contributed by atoms with E-state index >= 15 is 0 Å². The van der Waals surface area contributed by atoms with Crippen LogP contribution in [0.15, 0.2) is 60.7 Å². The Labute approximate surface area is 185 Å². The molecule has 1 fully saturated rings. The molecule has 5 nitrogen and oxygen atoms in total. The van der Waals surface area contributed by atoms with E-state index < -0.39 is 11.6 Å². The van der Waals surface area contributed by atoms with E-state index in [0.29, 0.717) is 31.5 Å². The Bertz CT molecular complexity index is 1130. The normalized spacial score (nSPS) is 14.4. The minimum atomic E-state index is -0.731. The summed E-state index contributed by atoms with van der Waals surface area (Å²) in [5.41, 5.74) is 0.558. The van der Waals surface area contributed by atoms with Crippen molar-refractivity contribution in [2.75, 3.05) is 19.6 Å². The summed E-state index contributed by atoms with van der Waals surface area (Å²) < 4.78 is 32.4. The second-order valence-corrected chi connectivity index (χ2v) is 7.84. The zero-order chi connectivity index (χ0) is 22.5. The topological polar surface area (TPSA) is 58.6 Å². The number of rotatable bonds is 6. The van der Waals surface area contributed by atoms with Crippen LogP contribution in [0.2, 0.25) is 0 Å². The molecule has 3 aromatic rings. The maximum absolute atomic E-state index is 13.8. The lowest BCUT2D eigenvalue weighted by Crippen LogP contribution is -2.42. The van der Waals surface area contributed by atoms with Crippen molar-refractivity contribution in [1.29, 1.82) is 0 Å². The quantitative estimate of drug-likeness (QED) is 0.624. The standard InChI is InChI=1S/C25H24F2N2O3/c26-20-7-8-23(22(27)16-20)32-21-10-13-29(14-11-21)24(30)9-12-28-25(31)19-6-5-17-3-1-2-4-18(17)15-19/h1-8,15-16,21H,9-14H2,(H,28,31). The number of carbonyl (C=O) groups is 2. The summed E-state index contributed by atoms with van der Waals surface area (Å²) in [6.07, 6.45) is 1.10. The molecule has 32 heavy (non-hydrogen) atoms. The number of ether oxygens (including phenoxy) is 1. The molecule has 7 heteroatoms. The molecule has 0 atom stereocenters. The fourth-order valence-corrected chi connectivity index (χ4v) is 3.85. The fraction of sp³-hybridized carbons (Fsp3) is 0.280. The average molecular weight is 438 g/mol. The van der Waals surface area contributed by atoms with Crippen LogP contribution >= 0.6 is 0 Å². The Hall–Kier alpha value is -3.48. The molecule has 0 unspecified atom stereocenters. The van der Waals surface area contributed by atoms with E-state index in [2.05, 4.69) is 5.32 Å². The number of likely N-dealkylation sites (tertiary alicyclic amines) is 1. The number of nitrogens with zero attached hydrogens (tertiary/aromatic N) is 1. The number of piperidine rings is 1. The summed E-state index contributed by atoms with van der Waals surface area (Å²) >= 11 is 0. The average Bonchev–Trinajstić information content (AvgIpc) is 2.81. The van der Waals surface area contributed by atoms with Gasteiger partial charge in [-0.3, -0.25) is 9.59 Å². The van der Waals surface area contributed by atoms with Crippen LogP contribution in [-0.4, -0.2) is 42.5 Å². The minimum Gasteiger partial charge on any atom is -0.487 e. The molecule has 166 valence electrons. The zero-order valence-electron chi connectivity index (χ0n) is 17.5. The van der Waals surface area contributed by atoms with Crippen LogP contribution in [0.1, 0.15) is 29.6 Å². The predicted molar refractivity (Wildman–Crippen MR) is 117 cm³/mol. The van der Waals surface area contributed by atoms with Gasteiger partial charge in [0.1, 0.15) is 11.9 Å². The molecule has 2 amide bonds. The van der Waals surface area contributed by atoms with E-state index in [9.17, 15) is 18.4 Å². The number of hydrogen-bond donors (Lipinski definition) is 1. The van der Waals surface area contributed by atoms with Crippen molar-refractivity contribution in [3.05, 3.63) is 77.9 Å². The molecule has 1 saturated heterocycles. The van der Waals surface area contributed by atoms with Gasteiger partial charge in [0.05, 0.1) is 0 Å². The van der Waals surface area contributed by atoms with Gasteiger partial charge in [-0.25, -0.2) is 8.78 Å². The molecule has 0 spiro atoms. The molecular weight excluding hydrogens is 414 g/mol. The van der Waals surface area contributed by atoms with E-state index in [1.165, 1.54) is 6.07 Å². The first-order valence-corrected chi connectivity index (χ1v) is 10.7. The molecule has 4 rings (SSSR count). The van der Waals surface area contributed by atoms with Crippen molar-refractivity contribution in [3.63, 3.8) is 0 Å². The van der Waals surface area contributed by atoms with Crippen LogP contribution in [0, 0.1) is 11.6 Å². The lowest BCUT2D eigenvalue weighted by atomic mass is 10.1. The highest BCUT2D eigenvalue weighted by atomic mass is 19.1. The molecule has 0 saturated carbocycles. The third-order valence-electron chi connectivity index (χ3n) is 5.62. The molecule has 1 aliphatic rings. The molecule has 1 N–H and O–H groups in total. The summed E-state index contributed by atoms with van der Waals surface area (Å²) in [4.78, 5) is 26.6. The third-order valence-corrected chi connectivity index (χ3v) is 5.62. The number of benzene rings is 3. The van der Waals surface area contributed by atoms with Crippen molar-refractivity contribution in [1.82, 2.24) is 10.2 Å². The van der Waals surface area contributed by atoms with E-state index in [0.717, 1.165) is 22.9 Å².